The standard InChI is InChI=1S/C30H35N5O4S/c1-29(2,3)39-28(37)33-15-11-21(12-16-33)17-20-7-9-22(10-8-20)35-27(40)34(26(36)30(35)13-6-14-30)23-18-24(38-5)25(31-4)32-19-23/h7-10,18-19,21H,6,11-17H2,1-3,5H3. The van der Waals surface area contributed by atoms with E-state index in [2.05, 4.69) is 34.1 Å². The van der Waals surface area contributed by atoms with Gasteiger partial charge in [0.15, 0.2) is 5.11 Å². The second-order valence-corrected chi connectivity index (χ2v) is 12.1. The lowest BCUT2D eigenvalue weighted by molar-refractivity contribution is -0.123. The van der Waals surface area contributed by atoms with E-state index in [4.69, 9.17) is 28.3 Å². The van der Waals surface area contributed by atoms with Gasteiger partial charge in [0.2, 0.25) is 0 Å². The van der Waals surface area contributed by atoms with Crippen molar-refractivity contribution in [3.63, 3.8) is 0 Å². The maximum Gasteiger partial charge on any atom is 0.410 e. The number of hydrogen-bond acceptors (Lipinski definition) is 6. The molecule has 0 N–H and O–H groups in total. The molecule has 3 heterocycles. The molecule has 0 radical (unpaired) electrons. The Labute approximate surface area is 240 Å². The second-order valence-electron chi connectivity index (χ2n) is 11.8. The number of benzene rings is 1. The number of methoxy groups -OCH3 is 1. The lowest BCUT2D eigenvalue weighted by Gasteiger charge is -2.43. The number of anilines is 2. The number of amides is 2. The van der Waals surface area contributed by atoms with E-state index in [1.54, 1.807) is 11.0 Å². The molecule has 2 amide bonds. The van der Waals surface area contributed by atoms with E-state index in [1.807, 2.05) is 25.7 Å². The van der Waals surface area contributed by atoms with Crippen molar-refractivity contribution in [1.82, 2.24) is 9.88 Å². The summed E-state index contributed by atoms with van der Waals surface area (Å²) in [6, 6.07) is 9.99. The maximum absolute atomic E-state index is 13.8. The average Bonchev–Trinajstić information content (AvgIpc) is 3.14. The third-order valence-corrected chi connectivity index (χ3v) is 8.35. The van der Waals surface area contributed by atoms with Gasteiger partial charge in [-0.1, -0.05) is 18.7 Å². The Morgan fingerprint density at radius 1 is 1.18 bits per heavy atom. The molecule has 1 saturated carbocycles. The monoisotopic (exact) mass is 561 g/mol. The first-order chi connectivity index (χ1) is 19.1. The van der Waals surface area contributed by atoms with Gasteiger partial charge in [0.25, 0.3) is 5.91 Å². The third kappa shape index (κ3) is 5.10. The van der Waals surface area contributed by atoms with Crippen molar-refractivity contribution < 1.29 is 19.1 Å². The molecule has 0 unspecified atom stereocenters. The van der Waals surface area contributed by atoms with Gasteiger partial charge in [-0.05, 0) is 101 Å². The summed E-state index contributed by atoms with van der Waals surface area (Å²) in [7, 11) is 1.48. The van der Waals surface area contributed by atoms with Crippen molar-refractivity contribution >= 4 is 46.5 Å². The van der Waals surface area contributed by atoms with E-state index in [0.717, 1.165) is 44.2 Å². The lowest BCUT2D eigenvalue weighted by atomic mass is 9.75. The van der Waals surface area contributed by atoms with E-state index in [9.17, 15) is 9.59 Å². The number of likely N-dealkylation sites (tertiary alicyclic amines) is 1. The maximum atomic E-state index is 13.8. The molecule has 2 aliphatic heterocycles. The number of thiocarbonyl (C=S) groups is 1. The minimum absolute atomic E-state index is 0.0658. The fourth-order valence-electron chi connectivity index (χ4n) is 5.75. The Balaban J connectivity index is 1.28. The average molecular weight is 562 g/mol. The molecular weight excluding hydrogens is 526 g/mol. The molecule has 0 bridgehead atoms. The number of carbonyl (C=O) groups excluding carboxylic acids is 2. The predicted molar refractivity (Wildman–Crippen MR) is 157 cm³/mol. The van der Waals surface area contributed by atoms with E-state index in [-0.39, 0.29) is 17.8 Å². The molecule has 40 heavy (non-hydrogen) atoms. The highest BCUT2D eigenvalue weighted by Crippen LogP contribution is 2.48. The minimum atomic E-state index is -0.696. The van der Waals surface area contributed by atoms with Crippen LogP contribution in [-0.4, -0.2) is 58.3 Å². The first kappa shape index (κ1) is 27.8. The van der Waals surface area contributed by atoms with Crippen LogP contribution in [0.5, 0.6) is 5.75 Å². The van der Waals surface area contributed by atoms with Crippen molar-refractivity contribution in [3.8, 4) is 5.75 Å². The number of carbonyl (C=O) groups is 2. The predicted octanol–water partition coefficient (Wildman–Crippen LogP) is 5.89. The Kier molecular flexibility index (Phi) is 7.44. The summed E-state index contributed by atoms with van der Waals surface area (Å²) < 4.78 is 10.8. The van der Waals surface area contributed by atoms with Gasteiger partial charge < -0.3 is 24.1 Å². The van der Waals surface area contributed by atoms with Crippen molar-refractivity contribution in [2.45, 2.75) is 70.4 Å². The van der Waals surface area contributed by atoms with Crippen molar-refractivity contribution in [2.24, 2.45) is 5.92 Å². The molecule has 10 heteroatoms. The number of nitrogens with zero attached hydrogens (tertiary/aromatic N) is 5. The first-order valence-electron chi connectivity index (χ1n) is 13.7. The van der Waals surface area contributed by atoms with Gasteiger partial charge in [0.05, 0.1) is 12.8 Å². The van der Waals surface area contributed by atoms with Crippen LogP contribution >= 0.6 is 12.2 Å². The SMILES string of the molecule is [C-]#[N+]c1ncc(N2C(=O)C3(CCC3)N(c3ccc(CC4CCN(C(=O)OC(C)(C)C)CC4)cc3)C2=S)cc1OC. The van der Waals surface area contributed by atoms with Crippen LogP contribution in [0.25, 0.3) is 4.85 Å². The van der Waals surface area contributed by atoms with Gasteiger partial charge in [0.1, 0.15) is 23.1 Å². The van der Waals surface area contributed by atoms with Gasteiger partial charge in [0, 0.05) is 18.8 Å². The molecule has 0 atom stereocenters. The number of ether oxygens (including phenoxy) is 2. The summed E-state index contributed by atoms with van der Waals surface area (Å²) in [5.74, 6) is 0.882. The fourth-order valence-corrected chi connectivity index (χ4v) is 6.22. The lowest BCUT2D eigenvalue weighted by Crippen LogP contribution is -2.55. The van der Waals surface area contributed by atoms with Crippen molar-refractivity contribution in [2.75, 3.05) is 30.0 Å². The van der Waals surface area contributed by atoms with Gasteiger partial charge in [-0.25, -0.2) is 4.79 Å². The quantitative estimate of drug-likeness (QED) is 0.333. The summed E-state index contributed by atoms with van der Waals surface area (Å²) in [6.07, 6.45) is 6.49. The second kappa shape index (κ2) is 10.7. The molecule has 3 fully saturated rings. The summed E-state index contributed by atoms with van der Waals surface area (Å²) in [4.78, 5) is 39.1. The smallest absolute Gasteiger partial charge is 0.410 e. The van der Waals surface area contributed by atoms with Crippen LogP contribution in [0.2, 0.25) is 0 Å². The van der Waals surface area contributed by atoms with Crippen LogP contribution in [0, 0.1) is 12.5 Å². The summed E-state index contributed by atoms with van der Waals surface area (Å²) in [5, 5.41) is 0.409. The van der Waals surface area contributed by atoms with Gasteiger partial charge >= 0.3 is 11.9 Å². The molecule has 9 nitrogen and oxygen atoms in total. The zero-order valence-corrected chi connectivity index (χ0v) is 24.3. The van der Waals surface area contributed by atoms with Gasteiger partial charge in [-0.3, -0.25) is 9.69 Å². The van der Waals surface area contributed by atoms with Crippen molar-refractivity contribution in [3.05, 3.63) is 53.5 Å². The summed E-state index contributed by atoms with van der Waals surface area (Å²) >= 11 is 5.88. The normalized spacial score (nSPS) is 19.0. The van der Waals surface area contributed by atoms with Gasteiger partial charge in [-0.2, -0.15) is 0 Å². The zero-order valence-electron chi connectivity index (χ0n) is 23.5. The molecule has 210 valence electrons. The molecule has 1 aliphatic carbocycles. The summed E-state index contributed by atoms with van der Waals surface area (Å²) in [6.45, 7) is 14.4. The van der Waals surface area contributed by atoms with Crippen molar-refractivity contribution in [1.29, 1.82) is 0 Å². The Hall–Kier alpha value is -3.71. The molecule has 2 aromatic rings. The first-order valence-corrected chi connectivity index (χ1v) is 14.1. The highest BCUT2D eigenvalue weighted by atomic mass is 32.1. The summed E-state index contributed by atoms with van der Waals surface area (Å²) in [5.41, 5.74) is 1.43. The Bertz CT molecular complexity index is 1350. The third-order valence-electron chi connectivity index (χ3n) is 7.98. The number of pyridine rings is 1. The van der Waals surface area contributed by atoms with Crippen LogP contribution in [0.4, 0.5) is 22.0 Å². The number of piperidine rings is 1. The molecule has 3 aliphatic rings. The fraction of sp³-hybridized carbons (Fsp3) is 0.500. The number of aromatic nitrogens is 1. The Morgan fingerprint density at radius 3 is 2.40 bits per heavy atom. The van der Waals surface area contributed by atoms with E-state index in [1.165, 1.54) is 23.8 Å². The van der Waals surface area contributed by atoms with Gasteiger partial charge in [-0.15, -0.1) is 4.98 Å². The molecule has 5 rings (SSSR count). The molecule has 2 saturated heterocycles. The highest BCUT2D eigenvalue weighted by molar-refractivity contribution is 7.81. The topological polar surface area (TPSA) is 79.6 Å². The highest BCUT2D eigenvalue weighted by Gasteiger charge is 2.59. The largest absolute Gasteiger partial charge is 0.506 e. The van der Waals surface area contributed by atoms with E-state index in [0.29, 0.717) is 35.6 Å². The van der Waals surface area contributed by atoms with E-state index < -0.39 is 11.1 Å². The zero-order chi connectivity index (χ0) is 28.7. The number of rotatable bonds is 5. The minimum Gasteiger partial charge on any atom is -0.506 e. The number of hydrogen-bond donors (Lipinski definition) is 0. The molecule has 1 aromatic carbocycles. The van der Waals surface area contributed by atoms with Crippen LogP contribution in [0.15, 0.2) is 36.5 Å². The Morgan fingerprint density at radius 2 is 1.85 bits per heavy atom. The van der Waals surface area contributed by atoms with E-state index >= 15 is 0 Å². The molecule has 1 spiro atoms. The molecular formula is C30H35N5O4S. The van der Waals surface area contributed by atoms with Crippen LogP contribution in [0.1, 0.15) is 58.4 Å². The van der Waals surface area contributed by atoms with Crippen LogP contribution in [0.3, 0.4) is 0 Å². The molecule has 1 aromatic heterocycles. The van der Waals surface area contributed by atoms with Crippen LogP contribution < -0.4 is 14.5 Å². The van der Waals surface area contributed by atoms with Crippen LogP contribution in [-0.2, 0) is 16.0 Å².